The average Bonchev–Trinajstić information content (AvgIpc) is 2.37. The lowest BCUT2D eigenvalue weighted by Crippen LogP contribution is -2.21. The van der Waals surface area contributed by atoms with Crippen molar-refractivity contribution in [1.29, 1.82) is 0 Å². The Bertz CT molecular complexity index is 183. The molecule has 0 spiro atoms. The highest BCUT2D eigenvalue weighted by Crippen LogP contribution is 2.19. The van der Waals surface area contributed by atoms with Crippen molar-refractivity contribution in [3.8, 4) is 0 Å². The fourth-order valence-corrected chi connectivity index (χ4v) is 2.22. The molecule has 0 aliphatic rings. The molecule has 2 N–H and O–H groups in total. The first-order valence-electron chi connectivity index (χ1n) is 7.62. The van der Waals surface area contributed by atoms with Crippen molar-refractivity contribution in [3.63, 3.8) is 0 Å². The normalized spacial score (nSPS) is 10.9. The average molecular weight is 257 g/mol. The Hall–Kier alpha value is -0.570. The summed E-state index contributed by atoms with van der Waals surface area (Å²) in [6.45, 7) is 4.41. The van der Waals surface area contributed by atoms with E-state index in [4.69, 9.17) is 10.5 Å². The third kappa shape index (κ3) is 9.46. The van der Waals surface area contributed by atoms with Gasteiger partial charge in [0.05, 0.1) is 5.92 Å². The first-order chi connectivity index (χ1) is 8.76. The molecule has 0 aromatic heterocycles. The SMILES string of the molecule is CCCCCCC(CCCCCC)C(=O)OCN. The van der Waals surface area contributed by atoms with Crippen molar-refractivity contribution < 1.29 is 9.53 Å². The van der Waals surface area contributed by atoms with Crippen molar-refractivity contribution in [1.82, 2.24) is 0 Å². The van der Waals surface area contributed by atoms with Gasteiger partial charge in [0, 0.05) is 0 Å². The molecule has 0 aromatic rings. The number of carbonyl (C=O) groups excluding carboxylic acids is 1. The summed E-state index contributed by atoms with van der Waals surface area (Å²) < 4.78 is 4.96. The Morgan fingerprint density at radius 3 is 1.83 bits per heavy atom. The van der Waals surface area contributed by atoms with Gasteiger partial charge in [-0.25, -0.2) is 0 Å². The summed E-state index contributed by atoms with van der Waals surface area (Å²) in [4.78, 5) is 11.8. The van der Waals surface area contributed by atoms with Gasteiger partial charge < -0.3 is 4.74 Å². The molecule has 3 heteroatoms. The predicted molar refractivity (Wildman–Crippen MR) is 76.2 cm³/mol. The van der Waals surface area contributed by atoms with E-state index in [1.54, 1.807) is 0 Å². The summed E-state index contributed by atoms with van der Waals surface area (Å²) >= 11 is 0. The summed E-state index contributed by atoms with van der Waals surface area (Å²) in [6.07, 6.45) is 11.6. The molecule has 0 fully saturated rings. The highest BCUT2D eigenvalue weighted by Gasteiger charge is 2.18. The van der Waals surface area contributed by atoms with Crippen LogP contribution in [0.2, 0.25) is 0 Å². The van der Waals surface area contributed by atoms with E-state index in [0.717, 1.165) is 25.7 Å². The van der Waals surface area contributed by atoms with Crippen LogP contribution < -0.4 is 5.73 Å². The van der Waals surface area contributed by atoms with Crippen LogP contribution in [0, 0.1) is 5.92 Å². The van der Waals surface area contributed by atoms with Crippen LogP contribution in [0.4, 0.5) is 0 Å². The number of hydrogen-bond acceptors (Lipinski definition) is 3. The van der Waals surface area contributed by atoms with E-state index in [1.165, 1.54) is 38.5 Å². The second kappa shape index (κ2) is 12.9. The van der Waals surface area contributed by atoms with Crippen LogP contribution in [0.25, 0.3) is 0 Å². The van der Waals surface area contributed by atoms with Gasteiger partial charge in [-0.2, -0.15) is 0 Å². The zero-order chi connectivity index (χ0) is 13.6. The number of rotatable bonds is 12. The molecule has 0 bridgehead atoms. The molecule has 0 unspecified atom stereocenters. The Morgan fingerprint density at radius 2 is 1.44 bits per heavy atom. The number of nitrogens with two attached hydrogens (primary N) is 1. The lowest BCUT2D eigenvalue weighted by atomic mass is 9.94. The summed E-state index contributed by atoms with van der Waals surface area (Å²) in [5.41, 5.74) is 5.28. The number of ether oxygens (including phenoxy) is 1. The smallest absolute Gasteiger partial charge is 0.310 e. The molecule has 0 aliphatic heterocycles. The minimum atomic E-state index is -0.0921. The van der Waals surface area contributed by atoms with E-state index < -0.39 is 0 Å². The molecular formula is C15H31NO2. The largest absolute Gasteiger partial charge is 0.450 e. The van der Waals surface area contributed by atoms with Crippen molar-refractivity contribution in [2.75, 3.05) is 6.73 Å². The van der Waals surface area contributed by atoms with Gasteiger partial charge in [-0.15, -0.1) is 0 Å². The lowest BCUT2D eigenvalue weighted by molar-refractivity contribution is -0.148. The van der Waals surface area contributed by atoms with E-state index in [0.29, 0.717) is 0 Å². The number of hydrogen-bond donors (Lipinski definition) is 1. The van der Waals surface area contributed by atoms with Gasteiger partial charge in [0.1, 0.15) is 6.73 Å². The molecule has 0 saturated carbocycles. The van der Waals surface area contributed by atoms with Gasteiger partial charge in [0.2, 0.25) is 0 Å². The Kier molecular flexibility index (Phi) is 12.5. The van der Waals surface area contributed by atoms with Crippen LogP contribution >= 0.6 is 0 Å². The highest BCUT2D eigenvalue weighted by molar-refractivity contribution is 5.72. The molecule has 108 valence electrons. The van der Waals surface area contributed by atoms with Gasteiger partial charge in [-0.05, 0) is 12.8 Å². The monoisotopic (exact) mass is 257 g/mol. The molecule has 0 heterocycles. The molecule has 0 rings (SSSR count). The molecule has 0 aliphatic carbocycles. The van der Waals surface area contributed by atoms with Crippen LogP contribution in [0.3, 0.4) is 0 Å². The van der Waals surface area contributed by atoms with Gasteiger partial charge in [0.25, 0.3) is 0 Å². The zero-order valence-corrected chi connectivity index (χ0v) is 12.2. The molecule has 3 nitrogen and oxygen atoms in total. The van der Waals surface area contributed by atoms with E-state index in [-0.39, 0.29) is 18.6 Å². The Labute approximate surface area is 112 Å². The molecule has 0 saturated heterocycles. The lowest BCUT2D eigenvalue weighted by Gasteiger charge is -2.15. The standard InChI is InChI=1S/C15H31NO2/c1-3-5-7-9-11-14(15(17)18-13-16)12-10-8-6-4-2/h14H,3-13,16H2,1-2H3. The molecule has 18 heavy (non-hydrogen) atoms. The molecule has 0 radical (unpaired) electrons. The van der Waals surface area contributed by atoms with Crippen LogP contribution in [0.15, 0.2) is 0 Å². The van der Waals surface area contributed by atoms with Crippen molar-refractivity contribution in [2.24, 2.45) is 11.7 Å². The maximum Gasteiger partial charge on any atom is 0.310 e. The maximum absolute atomic E-state index is 11.8. The predicted octanol–water partition coefficient (Wildman–Crippen LogP) is 4.00. The van der Waals surface area contributed by atoms with Crippen LogP contribution in [-0.4, -0.2) is 12.7 Å². The highest BCUT2D eigenvalue weighted by atomic mass is 16.5. The molecule has 0 aromatic carbocycles. The first kappa shape index (κ1) is 17.4. The number of esters is 1. The fourth-order valence-electron chi connectivity index (χ4n) is 2.22. The number of unbranched alkanes of at least 4 members (excludes halogenated alkanes) is 6. The third-order valence-electron chi connectivity index (χ3n) is 3.37. The van der Waals surface area contributed by atoms with Crippen LogP contribution in [0.5, 0.6) is 0 Å². The second-order valence-corrected chi connectivity index (χ2v) is 5.03. The molecule has 0 atom stereocenters. The molecular weight excluding hydrogens is 226 g/mol. The van der Waals surface area contributed by atoms with Crippen molar-refractivity contribution in [2.45, 2.75) is 78.1 Å². The summed E-state index contributed by atoms with van der Waals surface area (Å²) in [6, 6.07) is 0. The van der Waals surface area contributed by atoms with E-state index >= 15 is 0 Å². The van der Waals surface area contributed by atoms with Crippen LogP contribution in [-0.2, 0) is 9.53 Å². The van der Waals surface area contributed by atoms with E-state index in [2.05, 4.69) is 13.8 Å². The number of carbonyl (C=O) groups is 1. The zero-order valence-electron chi connectivity index (χ0n) is 12.2. The second-order valence-electron chi connectivity index (χ2n) is 5.03. The Morgan fingerprint density at radius 1 is 0.944 bits per heavy atom. The first-order valence-corrected chi connectivity index (χ1v) is 7.62. The van der Waals surface area contributed by atoms with Crippen molar-refractivity contribution in [3.05, 3.63) is 0 Å². The van der Waals surface area contributed by atoms with Gasteiger partial charge in [-0.3, -0.25) is 10.5 Å². The van der Waals surface area contributed by atoms with E-state index in [1.807, 2.05) is 0 Å². The minimum absolute atomic E-state index is 0.0131. The molecule has 0 amide bonds. The maximum atomic E-state index is 11.8. The topological polar surface area (TPSA) is 52.3 Å². The minimum Gasteiger partial charge on any atom is -0.450 e. The summed E-state index contributed by atoms with van der Waals surface area (Å²) in [5, 5.41) is 0. The van der Waals surface area contributed by atoms with Crippen molar-refractivity contribution >= 4 is 5.97 Å². The Balaban J connectivity index is 3.88. The van der Waals surface area contributed by atoms with Gasteiger partial charge in [0.15, 0.2) is 0 Å². The van der Waals surface area contributed by atoms with Gasteiger partial charge >= 0.3 is 5.97 Å². The van der Waals surface area contributed by atoms with E-state index in [9.17, 15) is 4.79 Å². The third-order valence-corrected chi connectivity index (χ3v) is 3.37. The quantitative estimate of drug-likeness (QED) is 0.326. The fraction of sp³-hybridized carbons (Fsp3) is 0.933. The van der Waals surface area contributed by atoms with Gasteiger partial charge in [-0.1, -0.05) is 65.2 Å². The summed E-state index contributed by atoms with van der Waals surface area (Å²) in [7, 11) is 0. The van der Waals surface area contributed by atoms with Crippen LogP contribution in [0.1, 0.15) is 78.1 Å². The summed E-state index contributed by atoms with van der Waals surface area (Å²) in [5.74, 6) is -0.0206.